The van der Waals surface area contributed by atoms with Gasteiger partial charge in [-0.1, -0.05) is 18.2 Å². The van der Waals surface area contributed by atoms with Crippen LogP contribution in [0.15, 0.2) is 18.2 Å². The van der Waals surface area contributed by atoms with E-state index in [4.69, 9.17) is 0 Å². The third-order valence-corrected chi connectivity index (χ3v) is 4.70. The summed E-state index contributed by atoms with van der Waals surface area (Å²) in [5, 5.41) is 3.33. The van der Waals surface area contributed by atoms with Crippen molar-refractivity contribution in [3.8, 4) is 0 Å². The monoisotopic (exact) mass is 229 g/mol. The molecular formula is C16H23N. The van der Waals surface area contributed by atoms with Gasteiger partial charge in [0.05, 0.1) is 0 Å². The van der Waals surface area contributed by atoms with Crippen molar-refractivity contribution in [1.82, 2.24) is 5.32 Å². The van der Waals surface area contributed by atoms with E-state index in [0.717, 1.165) is 11.8 Å². The van der Waals surface area contributed by atoms with Gasteiger partial charge in [0.15, 0.2) is 0 Å². The molecule has 2 aliphatic carbocycles. The van der Waals surface area contributed by atoms with E-state index in [0.29, 0.717) is 0 Å². The molecule has 1 fully saturated rings. The predicted octanol–water partition coefficient (Wildman–Crippen LogP) is 2.96. The highest BCUT2D eigenvalue weighted by Gasteiger charge is 2.30. The van der Waals surface area contributed by atoms with Crippen LogP contribution in [-0.2, 0) is 19.3 Å². The lowest BCUT2D eigenvalue weighted by Gasteiger charge is -2.37. The summed E-state index contributed by atoms with van der Waals surface area (Å²) in [6.45, 7) is 1.20. The van der Waals surface area contributed by atoms with Crippen LogP contribution in [0.5, 0.6) is 0 Å². The fourth-order valence-electron chi connectivity index (χ4n) is 3.49. The van der Waals surface area contributed by atoms with Crippen molar-refractivity contribution in [2.75, 3.05) is 13.6 Å². The number of nitrogens with one attached hydrogen (secondary N) is 1. The van der Waals surface area contributed by atoms with E-state index in [1.54, 1.807) is 16.7 Å². The molecule has 1 aromatic rings. The molecule has 0 radical (unpaired) electrons. The molecule has 1 N–H and O–H groups in total. The highest BCUT2D eigenvalue weighted by molar-refractivity contribution is 5.35. The second kappa shape index (κ2) is 4.81. The molecule has 1 heteroatoms. The van der Waals surface area contributed by atoms with Crippen LogP contribution in [-0.4, -0.2) is 13.6 Å². The molecular weight excluding hydrogens is 206 g/mol. The Balaban J connectivity index is 1.65. The Morgan fingerprint density at radius 1 is 1.12 bits per heavy atom. The van der Waals surface area contributed by atoms with Gasteiger partial charge in [0.25, 0.3) is 0 Å². The van der Waals surface area contributed by atoms with Gasteiger partial charge < -0.3 is 5.32 Å². The fourth-order valence-corrected chi connectivity index (χ4v) is 3.49. The van der Waals surface area contributed by atoms with Crippen molar-refractivity contribution < 1.29 is 0 Å². The van der Waals surface area contributed by atoms with Gasteiger partial charge in [-0.2, -0.15) is 0 Å². The molecule has 2 aliphatic rings. The maximum atomic E-state index is 3.33. The Bertz CT molecular complexity index is 397. The summed E-state index contributed by atoms with van der Waals surface area (Å²) in [6.07, 6.45) is 8.15. The summed E-state index contributed by atoms with van der Waals surface area (Å²) in [5.74, 6) is 1.86. The first-order valence-electron chi connectivity index (χ1n) is 7.12. The van der Waals surface area contributed by atoms with E-state index in [9.17, 15) is 0 Å². The van der Waals surface area contributed by atoms with Crippen LogP contribution < -0.4 is 5.32 Å². The highest BCUT2D eigenvalue weighted by atomic mass is 14.8. The molecule has 3 rings (SSSR count). The molecule has 92 valence electrons. The van der Waals surface area contributed by atoms with Gasteiger partial charge in [-0.05, 0) is 80.6 Å². The first kappa shape index (κ1) is 11.3. The van der Waals surface area contributed by atoms with Crippen molar-refractivity contribution >= 4 is 0 Å². The lowest BCUT2D eigenvalue weighted by Crippen LogP contribution is -2.35. The number of hydrogen-bond acceptors (Lipinski definition) is 1. The number of hydrogen-bond donors (Lipinski definition) is 1. The average molecular weight is 229 g/mol. The maximum absolute atomic E-state index is 3.33. The first-order chi connectivity index (χ1) is 8.36. The van der Waals surface area contributed by atoms with E-state index < -0.39 is 0 Å². The first-order valence-corrected chi connectivity index (χ1v) is 7.12. The van der Waals surface area contributed by atoms with Crippen molar-refractivity contribution in [3.05, 3.63) is 34.9 Å². The predicted molar refractivity (Wildman–Crippen MR) is 72.3 cm³/mol. The van der Waals surface area contributed by atoms with E-state index >= 15 is 0 Å². The van der Waals surface area contributed by atoms with Gasteiger partial charge in [0.2, 0.25) is 0 Å². The molecule has 1 nitrogen and oxygen atoms in total. The van der Waals surface area contributed by atoms with E-state index in [-0.39, 0.29) is 0 Å². The van der Waals surface area contributed by atoms with Crippen LogP contribution >= 0.6 is 0 Å². The molecule has 1 saturated carbocycles. The van der Waals surface area contributed by atoms with Crippen LogP contribution in [0.2, 0.25) is 0 Å². The molecule has 0 aliphatic heterocycles. The summed E-state index contributed by atoms with van der Waals surface area (Å²) >= 11 is 0. The zero-order valence-electron chi connectivity index (χ0n) is 10.8. The Kier molecular flexibility index (Phi) is 3.19. The molecule has 1 aromatic carbocycles. The zero-order chi connectivity index (χ0) is 11.7. The topological polar surface area (TPSA) is 12.0 Å². The van der Waals surface area contributed by atoms with Gasteiger partial charge in [-0.3, -0.25) is 0 Å². The summed E-state index contributed by atoms with van der Waals surface area (Å²) in [7, 11) is 2.07. The number of fused-ring (bicyclic) bond motifs is 1. The molecule has 0 saturated heterocycles. The van der Waals surface area contributed by atoms with Crippen molar-refractivity contribution in [1.29, 1.82) is 0 Å². The highest BCUT2D eigenvalue weighted by Crippen LogP contribution is 2.36. The van der Waals surface area contributed by atoms with Crippen LogP contribution in [0.4, 0.5) is 0 Å². The van der Waals surface area contributed by atoms with E-state index in [1.807, 2.05) is 0 Å². The summed E-state index contributed by atoms with van der Waals surface area (Å²) in [5.41, 5.74) is 4.82. The number of benzene rings is 1. The molecule has 17 heavy (non-hydrogen) atoms. The molecule has 2 unspecified atom stereocenters. The smallest absolute Gasteiger partial charge is 0.00208 e. The van der Waals surface area contributed by atoms with Crippen molar-refractivity contribution in [2.24, 2.45) is 11.8 Å². The SMILES string of the molecule is CNCC1CCC1Cc1ccc2c(c1)CCC2. The van der Waals surface area contributed by atoms with E-state index in [2.05, 4.69) is 30.6 Å². The second-order valence-electron chi connectivity index (χ2n) is 5.82. The summed E-state index contributed by atoms with van der Waals surface area (Å²) < 4.78 is 0. The van der Waals surface area contributed by atoms with Gasteiger partial charge in [-0.25, -0.2) is 0 Å². The molecule has 2 atom stereocenters. The largest absolute Gasteiger partial charge is 0.319 e. The van der Waals surface area contributed by atoms with Crippen molar-refractivity contribution in [3.63, 3.8) is 0 Å². The zero-order valence-corrected chi connectivity index (χ0v) is 10.8. The lowest BCUT2D eigenvalue weighted by molar-refractivity contribution is 0.174. The minimum Gasteiger partial charge on any atom is -0.319 e. The van der Waals surface area contributed by atoms with Gasteiger partial charge in [-0.15, -0.1) is 0 Å². The summed E-state index contributed by atoms with van der Waals surface area (Å²) in [4.78, 5) is 0. The third kappa shape index (κ3) is 2.26. The minimum absolute atomic E-state index is 0.924. The Labute approximate surface area is 105 Å². The normalized spacial score (nSPS) is 26.6. The van der Waals surface area contributed by atoms with Gasteiger partial charge in [0, 0.05) is 0 Å². The number of aryl methyl sites for hydroxylation is 2. The standard InChI is InChI=1S/C16H23N/c1-17-11-16-8-7-15(16)10-12-5-6-13-3-2-4-14(13)9-12/h5-6,9,15-17H,2-4,7-8,10-11H2,1H3. The quantitative estimate of drug-likeness (QED) is 0.837. The second-order valence-corrected chi connectivity index (χ2v) is 5.82. The maximum Gasteiger partial charge on any atom is -0.00208 e. The lowest BCUT2D eigenvalue weighted by atomic mass is 9.70. The van der Waals surface area contributed by atoms with Crippen LogP contribution in [0.3, 0.4) is 0 Å². The fraction of sp³-hybridized carbons (Fsp3) is 0.625. The number of rotatable bonds is 4. The van der Waals surface area contributed by atoms with Crippen LogP contribution in [0.1, 0.15) is 36.0 Å². The molecule has 0 aromatic heterocycles. The Morgan fingerprint density at radius 2 is 1.94 bits per heavy atom. The third-order valence-electron chi connectivity index (χ3n) is 4.70. The molecule has 0 bridgehead atoms. The molecule has 0 amide bonds. The van der Waals surface area contributed by atoms with Crippen LogP contribution in [0, 0.1) is 11.8 Å². The van der Waals surface area contributed by atoms with E-state index in [1.165, 1.54) is 45.1 Å². The molecule has 0 heterocycles. The van der Waals surface area contributed by atoms with Crippen molar-refractivity contribution in [2.45, 2.75) is 38.5 Å². The van der Waals surface area contributed by atoms with Crippen LogP contribution in [0.25, 0.3) is 0 Å². The van der Waals surface area contributed by atoms with Gasteiger partial charge >= 0.3 is 0 Å². The minimum atomic E-state index is 0.924. The molecule has 0 spiro atoms. The van der Waals surface area contributed by atoms with Gasteiger partial charge in [0.1, 0.15) is 0 Å². The summed E-state index contributed by atoms with van der Waals surface area (Å²) in [6, 6.07) is 7.24. The Hall–Kier alpha value is -0.820. The Morgan fingerprint density at radius 3 is 2.71 bits per heavy atom. The average Bonchev–Trinajstić information content (AvgIpc) is 2.79.